The Kier molecular flexibility index (Phi) is 4.67. The molecular formula is C24H22N4O2. The van der Waals surface area contributed by atoms with Crippen molar-refractivity contribution in [2.24, 2.45) is 0 Å². The molecule has 6 heteroatoms. The first-order valence-corrected chi connectivity index (χ1v) is 10.1. The molecule has 1 aliphatic rings. The quantitative estimate of drug-likeness (QED) is 0.490. The number of carbonyl (C=O) groups is 1. The van der Waals surface area contributed by atoms with E-state index in [9.17, 15) is 4.79 Å². The fourth-order valence-electron chi connectivity index (χ4n) is 3.98. The van der Waals surface area contributed by atoms with Crippen molar-refractivity contribution in [2.45, 2.75) is 25.8 Å². The van der Waals surface area contributed by atoms with Gasteiger partial charge >= 0.3 is 6.03 Å². The lowest BCUT2D eigenvalue weighted by molar-refractivity contribution is 0.193. The normalized spacial score (nSPS) is 16.2. The number of likely N-dealkylation sites (tertiary alicyclic amines) is 1. The highest BCUT2D eigenvalue weighted by atomic mass is 16.5. The zero-order valence-corrected chi connectivity index (χ0v) is 16.7. The standard InChI is InChI=1S/C24H22N4O2/c1-16-11-13-18(14-12-16)22-26-23(30-27-22)21-10-5-15-28(21)24(29)25-20-9-4-7-17-6-2-3-8-19(17)20/h2-4,6-9,11-14,21H,5,10,15H2,1H3,(H,25,29). The molecule has 30 heavy (non-hydrogen) atoms. The SMILES string of the molecule is Cc1ccc(-c2noc(C3CCCN3C(=O)Nc3cccc4ccccc34)n2)cc1. The van der Waals surface area contributed by atoms with Crippen LogP contribution in [0.25, 0.3) is 22.2 Å². The predicted octanol–water partition coefficient (Wildman–Crippen LogP) is 5.57. The maximum absolute atomic E-state index is 13.1. The molecule has 0 bridgehead atoms. The van der Waals surface area contributed by atoms with Crippen molar-refractivity contribution in [1.29, 1.82) is 0 Å². The van der Waals surface area contributed by atoms with E-state index in [0.717, 1.165) is 34.9 Å². The molecule has 1 aromatic heterocycles. The molecule has 0 saturated carbocycles. The minimum Gasteiger partial charge on any atom is -0.337 e. The van der Waals surface area contributed by atoms with Crippen LogP contribution >= 0.6 is 0 Å². The second kappa shape index (κ2) is 7.63. The first-order valence-electron chi connectivity index (χ1n) is 10.1. The van der Waals surface area contributed by atoms with Crippen LogP contribution in [0.4, 0.5) is 10.5 Å². The van der Waals surface area contributed by atoms with Gasteiger partial charge in [0.15, 0.2) is 0 Å². The van der Waals surface area contributed by atoms with Crippen molar-refractivity contribution in [2.75, 3.05) is 11.9 Å². The number of amides is 2. The molecule has 6 nitrogen and oxygen atoms in total. The summed E-state index contributed by atoms with van der Waals surface area (Å²) in [6, 6.07) is 21.5. The fraction of sp³-hybridized carbons (Fsp3) is 0.208. The third-order valence-electron chi connectivity index (χ3n) is 5.58. The van der Waals surface area contributed by atoms with E-state index in [2.05, 4.69) is 15.5 Å². The van der Waals surface area contributed by atoms with Gasteiger partial charge in [0.25, 0.3) is 0 Å². The number of rotatable bonds is 3. The zero-order chi connectivity index (χ0) is 20.5. The molecule has 0 spiro atoms. The number of hydrogen-bond donors (Lipinski definition) is 1. The van der Waals surface area contributed by atoms with Gasteiger partial charge in [0, 0.05) is 17.5 Å². The molecule has 1 saturated heterocycles. The molecule has 3 aromatic carbocycles. The number of anilines is 1. The Labute approximate surface area is 174 Å². The number of carbonyl (C=O) groups excluding carboxylic acids is 1. The number of urea groups is 1. The highest BCUT2D eigenvalue weighted by Gasteiger charge is 2.34. The summed E-state index contributed by atoms with van der Waals surface area (Å²) in [5, 5.41) is 9.31. The van der Waals surface area contributed by atoms with E-state index in [1.165, 1.54) is 5.56 Å². The van der Waals surface area contributed by atoms with Gasteiger partial charge in [-0.3, -0.25) is 0 Å². The second-order valence-corrected chi connectivity index (χ2v) is 7.63. The largest absolute Gasteiger partial charge is 0.337 e. The lowest BCUT2D eigenvalue weighted by Gasteiger charge is -2.22. The smallest absolute Gasteiger partial charge is 0.322 e. The molecule has 4 aromatic rings. The lowest BCUT2D eigenvalue weighted by Crippen LogP contribution is -2.34. The average Bonchev–Trinajstić information content (AvgIpc) is 3.44. The van der Waals surface area contributed by atoms with E-state index in [0.29, 0.717) is 18.3 Å². The molecule has 150 valence electrons. The van der Waals surface area contributed by atoms with Crippen LogP contribution in [-0.4, -0.2) is 27.6 Å². The van der Waals surface area contributed by atoms with Crippen molar-refractivity contribution >= 4 is 22.5 Å². The molecule has 0 radical (unpaired) electrons. The number of nitrogens with zero attached hydrogens (tertiary/aromatic N) is 3. The number of benzene rings is 3. The van der Waals surface area contributed by atoms with Gasteiger partial charge in [0.1, 0.15) is 6.04 Å². The highest BCUT2D eigenvalue weighted by Crippen LogP contribution is 2.33. The van der Waals surface area contributed by atoms with Gasteiger partial charge < -0.3 is 14.7 Å². The second-order valence-electron chi connectivity index (χ2n) is 7.63. The fourth-order valence-corrected chi connectivity index (χ4v) is 3.98. The van der Waals surface area contributed by atoms with E-state index < -0.39 is 0 Å². The van der Waals surface area contributed by atoms with Gasteiger partial charge in [-0.1, -0.05) is 71.4 Å². The van der Waals surface area contributed by atoms with E-state index in [4.69, 9.17) is 4.52 Å². The Hall–Kier alpha value is -3.67. The van der Waals surface area contributed by atoms with Gasteiger partial charge in [-0.25, -0.2) is 4.79 Å². The first kappa shape index (κ1) is 18.4. The summed E-state index contributed by atoms with van der Waals surface area (Å²) < 4.78 is 5.55. The van der Waals surface area contributed by atoms with Crippen LogP contribution in [0.3, 0.4) is 0 Å². The van der Waals surface area contributed by atoms with Gasteiger partial charge in [0.2, 0.25) is 11.7 Å². The first-order chi connectivity index (χ1) is 14.7. The molecule has 5 rings (SSSR count). The van der Waals surface area contributed by atoms with Gasteiger partial charge in [-0.05, 0) is 31.2 Å². The van der Waals surface area contributed by atoms with Crippen molar-refractivity contribution in [3.63, 3.8) is 0 Å². The molecule has 1 N–H and O–H groups in total. The molecule has 2 amide bonds. The van der Waals surface area contributed by atoms with Crippen molar-refractivity contribution in [3.05, 3.63) is 78.2 Å². The van der Waals surface area contributed by atoms with Crippen LogP contribution in [0, 0.1) is 6.92 Å². The van der Waals surface area contributed by atoms with Gasteiger partial charge in [-0.15, -0.1) is 0 Å². The number of nitrogens with one attached hydrogen (secondary N) is 1. The van der Waals surface area contributed by atoms with E-state index in [-0.39, 0.29) is 12.1 Å². The summed E-state index contributed by atoms with van der Waals surface area (Å²) in [6.07, 6.45) is 1.70. The molecule has 1 unspecified atom stereocenters. The average molecular weight is 398 g/mol. The van der Waals surface area contributed by atoms with E-state index in [1.54, 1.807) is 4.90 Å². The summed E-state index contributed by atoms with van der Waals surface area (Å²) in [6.45, 7) is 2.69. The molecule has 1 aliphatic heterocycles. The Balaban J connectivity index is 1.37. The minimum atomic E-state index is -0.216. The number of fused-ring (bicyclic) bond motifs is 1. The summed E-state index contributed by atoms with van der Waals surface area (Å²) in [7, 11) is 0. The van der Waals surface area contributed by atoms with Crippen LogP contribution in [0.15, 0.2) is 71.3 Å². The van der Waals surface area contributed by atoms with Crippen molar-refractivity contribution in [3.8, 4) is 11.4 Å². The Morgan fingerprint density at radius 1 is 1.07 bits per heavy atom. The number of aromatic nitrogens is 2. The highest BCUT2D eigenvalue weighted by molar-refractivity contribution is 6.01. The van der Waals surface area contributed by atoms with Gasteiger partial charge in [-0.2, -0.15) is 4.98 Å². The van der Waals surface area contributed by atoms with Crippen molar-refractivity contribution < 1.29 is 9.32 Å². The van der Waals surface area contributed by atoms with Crippen LogP contribution in [0.5, 0.6) is 0 Å². The van der Waals surface area contributed by atoms with E-state index in [1.807, 2.05) is 73.7 Å². The Bertz CT molecular complexity index is 1190. The van der Waals surface area contributed by atoms with Crippen LogP contribution in [0.1, 0.15) is 30.3 Å². The minimum absolute atomic E-state index is 0.149. The maximum atomic E-state index is 13.1. The van der Waals surface area contributed by atoms with E-state index >= 15 is 0 Å². The van der Waals surface area contributed by atoms with Crippen molar-refractivity contribution in [1.82, 2.24) is 15.0 Å². The molecule has 1 fully saturated rings. The predicted molar refractivity (Wildman–Crippen MR) is 116 cm³/mol. The van der Waals surface area contributed by atoms with Crippen LogP contribution in [-0.2, 0) is 0 Å². The van der Waals surface area contributed by atoms with Crippen LogP contribution < -0.4 is 5.32 Å². The molecule has 2 heterocycles. The molecule has 1 atom stereocenters. The summed E-state index contributed by atoms with van der Waals surface area (Å²) in [5.41, 5.74) is 2.88. The summed E-state index contributed by atoms with van der Waals surface area (Å²) >= 11 is 0. The van der Waals surface area contributed by atoms with Gasteiger partial charge in [0.05, 0.1) is 5.69 Å². The number of aryl methyl sites for hydroxylation is 1. The topological polar surface area (TPSA) is 71.3 Å². The lowest BCUT2D eigenvalue weighted by atomic mass is 10.1. The molecular weight excluding hydrogens is 376 g/mol. The summed E-state index contributed by atoms with van der Waals surface area (Å²) in [5.74, 6) is 1.03. The summed E-state index contributed by atoms with van der Waals surface area (Å²) in [4.78, 5) is 19.4. The number of hydrogen-bond acceptors (Lipinski definition) is 4. The molecule has 0 aliphatic carbocycles. The Morgan fingerprint density at radius 3 is 2.73 bits per heavy atom. The third-order valence-corrected chi connectivity index (χ3v) is 5.58. The monoisotopic (exact) mass is 398 g/mol. The third kappa shape index (κ3) is 3.41. The Morgan fingerprint density at radius 2 is 1.87 bits per heavy atom. The van der Waals surface area contributed by atoms with Crippen LogP contribution in [0.2, 0.25) is 0 Å². The maximum Gasteiger partial charge on any atom is 0.322 e. The zero-order valence-electron chi connectivity index (χ0n) is 16.7.